The number of nitrogens with one attached hydrogen (secondary N) is 1. The number of carbonyl (C=O) groups excluding carboxylic acids is 1. The molecule has 3 rings (SSSR count). The number of amides is 1. The Balaban J connectivity index is 1.62. The van der Waals surface area contributed by atoms with E-state index in [4.69, 9.17) is 4.42 Å². The van der Waals surface area contributed by atoms with Crippen molar-refractivity contribution in [2.45, 2.75) is 18.9 Å². The predicted octanol–water partition coefficient (Wildman–Crippen LogP) is 1.26. The molecular formula is C11H14BrN3O2. The number of aromatic nitrogens is 1. The van der Waals surface area contributed by atoms with Gasteiger partial charge in [-0.1, -0.05) is 0 Å². The average Bonchev–Trinajstić information content (AvgIpc) is 2.85. The van der Waals surface area contributed by atoms with Gasteiger partial charge in [-0.2, -0.15) is 0 Å². The summed E-state index contributed by atoms with van der Waals surface area (Å²) in [5.41, 5.74) is 0. The van der Waals surface area contributed by atoms with Gasteiger partial charge in [0.2, 0.25) is 0 Å². The lowest BCUT2D eigenvalue weighted by molar-refractivity contribution is 0.0873. The summed E-state index contributed by atoms with van der Waals surface area (Å²) in [7, 11) is 0. The van der Waals surface area contributed by atoms with Crippen LogP contribution >= 0.6 is 15.9 Å². The molecule has 3 atom stereocenters. The lowest BCUT2D eigenvalue weighted by atomic mass is 9.97. The highest BCUT2D eigenvalue weighted by molar-refractivity contribution is 9.10. The molecule has 17 heavy (non-hydrogen) atoms. The molecule has 2 fully saturated rings. The van der Waals surface area contributed by atoms with Crippen molar-refractivity contribution in [1.29, 1.82) is 0 Å². The second-order valence-corrected chi connectivity index (χ2v) is 5.57. The van der Waals surface area contributed by atoms with Crippen molar-refractivity contribution in [3.05, 3.63) is 16.8 Å². The molecule has 92 valence electrons. The van der Waals surface area contributed by atoms with E-state index in [1.165, 1.54) is 25.7 Å². The fraction of sp³-hybridized carbons (Fsp3) is 0.636. The zero-order chi connectivity index (χ0) is 11.8. The summed E-state index contributed by atoms with van der Waals surface area (Å²) in [6.07, 6.45) is 3.82. The zero-order valence-corrected chi connectivity index (χ0v) is 10.9. The van der Waals surface area contributed by atoms with Crippen LogP contribution in [0.2, 0.25) is 0 Å². The van der Waals surface area contributed by atoms with E-state index in [-0.39, 0.29) is 17.8 Å². The van der Waals surface area contributed by atoms with Crippen LogP contribution in [0.1, 0.15) is 23.5 Å². The molecule has 0 saturated carbocycles. The van der Waals surface area contributed by atoms with E-state index in [1.54, 1.807) is 0 Å². The molecule has 1 aromatic heterocycles. The minimum Gasteiger partial charge on any atom is -0.425 e. The number of hydrogen-bond acceptors (Lipinski definition) is 4. The summed E-state index contributed by atoms with van der Waals surface area (Å²) < 4.78 is 5.62. The highest BCUT2D eigenvalue weighted by Gasteiger charge is 2.33. The number of fused-ring (bicyclic) bond motifs is 2. The van der Waals surface area contributed by atoms with Crippen LogP contribution in [0.15, 0.2) is 15.3 Å². The Morgan fingerprint density at radius 2 is 2.47 bits per heavy atom. The standard InChI is InChI=1S/C11H14BrN3O2/c12-9-4-13-11(17-9)10(16)14-8-3-7-1-2-15(5-7)6-8/h4,7-8H,1-3,5-6H2,(H,14,16)/t7-,8-/m1/s1. The van der Waals surface area contributed by atoms with Crippen LogP contribution in [0, 0.1) is 5.92 Å². The van der Waals surface area contributed by atoms with Crippen molar-refractivity contribution >= 4 is 21.8 Å². The van der Waals surface area contributed by atoms with Gasteiger partial charge in [-0.05, 0) is 41.2 Å². The van der Waals surface area contributed by atoms with Gasteiger partial charge in [0, 0.05) is 19.1 Å². The van der Waals surface area contributed by atoms with E-state index in [0.29, 0.717) is 4.67 Å². The molecule has 0 aliphatic carbocycles. The molecule has 5 nitrogen and oxygen atoms in total. The lowest BCUT2D eigenvalue weighted by Gasteiger charge is -2.30. The summed E-state index contributed by atoms with van der Waals surface area (Å²) in [6.45, 7) is 3.31. The van der Waals surface area contributed by atoms with Crippen LogP contribution in [0.25, 0.3) is 0 Å². The summed E-state index contributed by atoms with van der Waals surface area (Å²) in [5, 5.41) is 2.99. The number of rotatable bonds is 2. The highest BCUT2D eigenvalue weighted by Crippen LogP contribution is 2.26. The summed E-state index contributed by atoms with van der Waals surface area (Å²) in [5.74, 6) is 0.651. The van der Waals surface area contributed by atoms with Crippen LogP contribution in [-0.4, -0.2) is 41.5 Å². The van der Waals surface area contributed by atoms with E-state index in [0.717, 1.165) is 18.9 Å². The van der Waals surface area contributed by atoms with Crippen LogP contribution in [0.4, 0.5) is 0 Å². The van der Waals surface area contributed by atoms with Crippen molar-refractivity contribution in [3.8, 4) is 0 Å². The lowest BCUT2D eigenvalue weighted by Crippen LogP contribution is -2.47. The second-order valence-electron chi connectivity index (χ2n) is 4.79. The molecule has 0 spiro atoms. The third-order valence-electron chi connectivity index (χ3n) is 3.47. The number of carbonyl (C=O) groups is 1. The SMILES string of the molecule is O=C(N[C@@H]1C[C@H]2CCN(C2)C1)c1ncc(Br)o1. The number of nitrogens with zero attached hydrogens (tertiary/aromatic N) is 2. The Morgan fingerprint density at radius 3 is 3.18 bits per heavy atom. The molecule has 1 amide bonds. The fourth-order valence-corrected chi connectivity index (χ4v) is 3.03. The Morgan fingerprint density at radius 1 is 1.59 bits per heavy atom. The van der Waals surface area contributed by atoms with Crippen LogP contribution in [-0.2, 0) is 0 Å². The zero-order valence-electron chi connectivity index (χ0n) is 9.36. The molecule has 6 heteroatoms. The molecule has 2 aliphatic rings. The molecular weight excluding hydrogens is 286 g/mol. The molecule has 3 heterocycles. The van der Waals surface area contributed by atoms with Crippen molar-refractivity contribution in [2.24, 2.45) is 5.92 Å². The Bertz CT molecular complexity index is 422. The van der Waals surface area contributed by atoms with Gasteiger partial charge in [0.1, 0.15) is 0 Å². The Labute approximate surface area is 108 Å². The first-order valence-corrected chi connectivity index (χ1v) is 6.64. The summed E-state index contributed by atoms with van der Waals surface area (Å²) in [4.78, 5) is 18.2. The molecule has 0 radical (unpaired) electrons. The number of oxazole rings is 1. The Hall–Kier alpha value is -0.880. The van der Waals surface area contributed by atoms with E-state index < -0.39 is 0 Å². The molecule has 2 bridgehead atoms. The molecule has 1 N–H and O–H groups in total. The quantitative estimate of drug-likeness (QED) is 0.893. The van der Waals surface area contributed by atoms with Gasteiger partial charge in [-0.25, -0.2) is 4.98 Å². The first-order chi connectivity index (χ1) is 8.20. The minimum atomic E-state index is -0.219. The van der Waals surface area contributed by atoms with Crippen molar-refractivity contribution in [3.63, 3.8) is 0 Å². The smallest absolute Gasteiger partial charge is 0.307 e. The highest BCUT2D eigenvalue weighted by atomic mass is 79.9. The van der Waals surface area contributed by atoms with E-state index in [9.17, 15) is 4.79 Å². The van der Waals surface area contributed by atoms with Gasteiger partial charge in [0.05, 0.1) is 6.20 Å². The van der Waals surface area contributed by atoms with Crippen molar-refractivity contribution in [1.82, 2.24) is 15.2 Å². The van der Waals surface area contributed by atoms with Crippen LogP contribution < -0.4 is 5.32 Å². The summed E-state index contributed by atoms with van der Waals surface area (Å²) >= 11 is 3.14. The van der Waals surface area contributed by atoms with Crippen molar-refractivity contribution < 1.29 is 9.21 Å². The molecule has 2 saturated heterocycles. The normalized spacial score (nSPS) is 31.5. The van der Waals surface area contributed by atoms with E-state index in [1.807, 2.05) is 0 Å². The van der Waals surface area contributed by atoms with Crippen molar-refractivity contribution in [2.75, 3.05) is 19.6 Å². The monoisotopic (exact) mass is 299 g/mol. The third kappa shape index (κ3) is 2.37. The second kappa shape index (κ2) is 4.42. The van der Waals surface area contributed by atoms with Gasteiger partial charge >= 0.3 is 5.91 Å². The molecule has 1 aromatic rings. The molecule has 0 aromatic carbocycles. The van der Waals surface area contributed by atoms with E-state index in [2.05, 4.69) is 31.1 Å². The van der Waals surface area contributed by atoms with E-state index >= 15 is 0 Å². The van der Waals surface area contributed by atoms with Crippen LogP contribution in [0.3, 0.4) is 0 Å². The average molecular weight is 300 g/mol. The van der Waals surface area contributed by atoms with Gasteiger partial charge in [-0.3, -0.25) is 4.79 Å². The largest absolute Gasteiger partial charge is 0.425 e. The topological polar surface area (TPSA) is 58.4 Å². The first kappa shape index (κ1) is 11.2. The van der Waals surface area contributed by atoms with Gasteiger partial charge < -0.3 is 14.6 Å². The molecule has 2 aliphatic heterocycles. The maximum Gasteiger partial charge on any atom is 0.307 e. The number of hydrogen-bond donors (Lipinski definition) is 1. The first-order valence-electron chi connectivity index (χ1n) is 5.85. The Kier molecular flexibility index (Phi) is 2.92. The maximum absolute atomic E-state index is 11.9. The van der Waals surface area contributed by atoms with Gasteiger partial charge in [0.15, 0.2) is 4.67 Å². The number of halogens is 1. The van der Waals surface area contributed by atoms with Gasteiger partial charge in [0.25, 0.3) is 5.89 Å². The fourth-order valence-electron chi connectivity index (χ4n) is 2.77. The molecule has 1 unspecified atom stereocenters. The summed E-state index contributed by atoms with van der Waals surface area (Å²) in [6, 6.07) is 0.231. The minimum absolute atomic E-state index is 0.129. The number of piperidine rings is 1. The maximum atomic E-state index is 11.9. The van der Waals surface area contributed by atoms with Crippen LogP contribution in [0.5, 0.6) is 0 Å². The van der Waals surface area contributed by atoms with Gasteiger partial charge in [-0.15, -0.1) is 0 Å². The third-order valence-corrected chi connectivity index (χ3v) is 3.84. The predicted molar refractivity (Wildman–Crippen MR) is 64.6 cm³/mol.